The van der Waals surface area contributed by atoms with Gasteiger partial charge in [-0.15, -0.1) is 70.8 Å². The molecule has 0 aliphatic heterocycles. The maximum atomic E-state index is 2.21. The van der Waals surface area contributed by atoms with E-state index in [9.17, 15) is 0 Å². The van der Waals surface area contributed by atoms with E-state index in [0.29, 0.717) is 0 Å². The second-order valence-electron chi connectivity index (χ2n) is 5.45. The van der Waals surface area contributed by atoms with Gasteiger partial charge in [0.2, 0.25) is 0 Å². The van der Waals surface area contributed by atoms with Crippen molar-refractivity contribution >= 4 is 31.1 Å². The summed E-state index contributed by atoms with van der Waals surface area (Å²) in [6.07, 6.45) is 1.13. The largest absolute Gasteiger partial charge is 4.00 e. The second-order valence-corrected chi connectivity index (χ2v) is 6.45. The van der Waals surface area contributed by atoms with Crippen LogP contribution < -0.4 is 24.8 Å². The predicted molar refractivity (Wildman–Crippen MR) is 106 cm³/mol. The van der Waals surface area contributed by atoms with Crippen molar-refractivity contribution in [1.82, 2.24) is 0 Å². The molecule has 0 aliphatic rings. The van der Waals surface area contributed by atoms with Gasteiger partial charge >= 0.3 is 26.2 Å². The molecule has 4 aromatic carbocycles. The quantitative estimate of drug-likeness (QED) is 0.276. The summed E-state index contributed by atoms with van der Waals surface area (Å²) in [5.41, 5.74) is 1.46. The van der Waals surface area contributed by atoms with E-state index in [4.69, 9.17) is 0 Å². The fourth-order valence-electron chi connectivity index (χ4n) is 2.59. The van der Waals surface area contributed by atoms with Crippen molar-refractivity contribution in [3.05, 3.63) is 84.4 Å². The van der Waals surface area contributed by atoms with Gasteiger partial charge in [-0.1, -0.05) is 38.6 Å². The number of halogens is 2. The minimum Gasteiger partial charge on any atom is -1.00 e. The molecule has 2 radical (unpaired) electrons. The molecule has 134 valence electrons. The van der Waals surface area contributed by atoms with Crippen molar-refractivity contribution in [2.75, 3.05) is 0 Å². The zero-order valence-electron chi connectivity index (χ0n) is 15.5. The molecule has 0 atom stereocenters. The summed E-state index contributed by atoms with van der Waals surface area (Å²) in [5.74, 6) is 0. The number of benzene rings is 2. The van der Waals surface area contributed by atoms with Crippen molar-refractivity contribution in [2.45, 2.75) is 26.4 Å². The molecule has 0 nitrogen and oxygen atoms in total. The summed E-state index contributed by atoms with van der Waals surface area (Å²) in [4.78, 5) is 0. The Morgan fingerprint density at radius 3 is 2.00 bits per heavy atom. The summed E-state index contributed by atoms with van der Waals surface area (Å²) in [5, 5.41) is 5.44. The van der Waals surface area contributed by atoms with Crippen LogP contribution in [0.5, 0.6) is 0 Å². The third-order valence-electron chi connectivity index (χ3n) is 3.70. The van der Waals surface area contributed by atoms with Gasteiger partial charge in [-0.25, -0.2) is 0 Å². The van der Waals surface area contributed by atoms with Crippen molar-refractivity contribution in [3.8, 4) is 0 Å². The zero-order chi connectivity index (χ0) is 16.5. The molecule has 0 heterocycles. The van der Waals surface area contributed by atoms with Gasteiger partial charge < -0.3 is 24.8 Å². The van der Waals surface area contributed by atoms with Crippen LogP contribution in [0.1, 0.15) is 12.5 Å². The normalized spacial score (nSPS) is 8.73. The van der Waals surface area contributed by atoms with E-state index < -0.39 is 0 Å². The molecule has 4 rings (SSSR count). The van der Waals surface area contributed by atoms with E-state index in [2.05, 4.69) is 98.9 Å². The van der Waals surface area contributed by atoms with Crippen LogP contribution in [-0.2, 0) is 32.6 Å². The van der Waals surface area contributed by atoms with Crippen LogP contribution in [0.15, 0.2) is 78.9 Å². The Morgan fingerprint density at radius 1 is 0.808 bits per heavy atom. The molecule has 0 unspecified atom stereocenters. The maximum absolute atomic E-state index is 2.21. The molecule has 4 heteroatoms. The number of rotatable bonds is 1. The first-order valence-electron chi connectivity index (χ1n) is 8.12. The van der Waals surface area contributed by atoms with E-state index in [1.165, 1.54) is 27.1 Å². The Hall–Kier alpha value is -0.660. The van der Waals surface area contributed by atoms with E-state index in [0.717, 1.165) is 15.9 Å². The Bertz CT molecular complexity index is 806. The van der Waals surface area contributed by atoms with Crippen LogP contribution in [0, 0.1) is 0 Å². The molecule has 4 aromatic rings. The molecule has 0 aliphatic carbocycles. The topological polar surface area (TPSA) is 0 Å². The summed E-state index contributed by atoms with van der Waals surface area (Å²) in [6, 6.07) is 27.6. The van der Waals surface area contributed by atoms with Crippen molar-refractivity contribution in [2.24, 2.45) is 0 Å². The molecule has 0 aromatic heterocycles. The average Bonchev–Trinajstić information content (AvgIpc) is 3.22. The van der Waals surface area contributed by atoms with Gasteiger partial charge in [-0.2, -0.15) is 23.1 Å². The molecular weight excluding hydrogens is 454 g/mol. The summed E-state index contributed by atoms with van der Waals surface area (Å²) in [6.45, 7) is 6.50. The van der Waals surface area contributed by atoms with E-state index >= 15 is 0 Å². The first-order chi connectivity index (χ1) is 11.3. The zero-order valence-corrected chi connectivity index (χ0v) is 20.4. The minimum absolute atomic E-state index is 0. The van der Waals surface area contributed by atoms with Crippen LogP contribution in [0.25, 0.3) is 21.5 Å². The number of hydrogen-bond acceptors (Lipinski definition) is 0. The number of hydrogen-bond donors (Lipinski definition) is 0. The first-order valence-corrected chi connectivity index (χ1v) is 10.1. The fourth-order valence-corrected chi connectivity index (χ4v) is 2.59. The molecule has 0 N–H and O–H groups in total. The van der Waals surface area contributed by atoms with Crippen molar-refractivity contribution < 1.29 is 51.0 Å². The standard InChI is InChI=1S/C11H11.C9H7.C2H6Si.2ClH.Zr/c1-2-9-7-8-10-5-3-4-6-11(9)10;1-2-5-9-7-3-6-8(9)4-1;1-3-2;;;/h3-8H,2H2,1H3;1-7H;1-2H3;2*1H;/q2*-1;;;;+4/p-2. The average molecular weight is 479 g/mol. The van der Waals surface area contributed by atoms with Crippen LogP contribution in [-0.4, -0.2) is 9.52 Å². The number of aryl methyl sites for hydroxylation is 1. The van der Waals surface area contributed by atoms with Crippen LogP contribution >= 0.6 is 0 Å². The first kappa shape index (κ1) is 27.6. The SMILES string of the molecule is CCc1c[cH-]c2ccccc12.C[Si]C.[Cl-].[Cl-].[Zr+4].c1ccc2[cH-]ccc2c1. The van der Waals surface area contributed by atoms with Crippen LogP contribution in [0.2, 0.25) is 13.1 Å². The molecule has 0 saturated carbocycles. The van der Waals surface area contributed by atoms with E-state index in [1.807, 2.05) is 0 Å². The monoisotopic (exact) mass is 476 g/mol. The van der Waals surface area contributed by atoms with Gasteiger partial charge in [0.1, 0.15) is 0 Å². The van der Waals surface area contributed by atoms with E-state index in [-0.39, 0.29) is 51.0 Å². The van der Waals surface area contributed by atoms with Crippen molar-refractivity contribution in [1.29, 1.82) is 0 Å². The van der Waals surface area contributed by atoms with Gasteiger partial charge in [0.25, 0.3) is 0 Å². The second kappa shape index (κ2) is 15.4. The summed E-state index contributed by atoms with van der Waals surface area (Å²) >= 11 is 0. The van der Waals surface area contributed by atoms with Gasteiger partial charge in [0.15, 0.2) is 0 Å². The van der Waals surface area contributed by atoms with Gasteiger partial charge in [-0.3, -0.25) is 0 Å². The minimum atomic E-state index is 0. The predicted octanol–water partition coefficient (Wildman–Crippen LogP) is 0.472. The Kier molecular flexibility index (Phi) is 16.3. The van der Waals surface area contributed by atoms with Gasteiger partial charge in [0, 0.05) is 9.52 Å². The molecule has 0 fully saturated rings. The molecule has 0 amide bonds. The third kappa shape index (κ3) is 7.92. The summed E-state index contributed by atoms with van der Waals surface area (Å²) < 4.78 is 0. The van der Waals surface area contributed by atoms with Crippen LogP contribution in [0.3, 0.4) is 0 Å². The maximum Gasteiger partial charge on any atom is 4.00 e. The Labute approximate surface area is 191 Å². The van der Waals surface area contributed by atoms with E-state index in [1.54, 1.807) is 0 Å². The smallest absolute Gasteiger partial charge is 1.00 e. The molecule has 0 spiro atoms. The fraction of sp³-hybridized carbons (Fsp3) is 0.182. The number of fused-ring (bicyclic) bond motifs is 2. The molecule has 26 heavy (non-hydrogen) atoms. The van der Waals surface area contributed by atoms with Crippen LogP contribution in [0.4, 0.5) is 0 Å². The van der Waals surface area contributed by atoms with Gasteiger partial charge in [0.05, 0.1) is 0 Å². The molecule has 0 bridgehead atoms. The van der Waals surface area contributed by atoms with Crippen molar-refractivity contribution in [3.63, 3.8) is 0 Å². The Morgan fingerprint density at radius 2 is 1.38 bits per heavy atom. The van der Waals surface area contributed by atoms with Gasteiger partial charge in [-0.05, 0) is 0 Å². The Balaban J connectivity index is 0. The third-order valence-corrected chi connectivity index (χ3v) is 3.70. The molecule has 0 saturated heterocycles. The molecular formula is C22H24Cl2SiZr. The summed E-state index contributed by atoms with van der Waals surface area (Å²) in [7, 11) is 1.08.